The van der Waals surface area contributed by atoms with E-state index in [0.29, 0.717) is 23.0 Å². The van der Waals surface area contributed by atoms with Crippen molar-refractivity contribution in [2.75, 3.05) is 5.75 Å². The Hall–Kier alpha value is -1.89. The predicted octanol–water partition coefficient (Wildman–Crippen LogP) is 4.25. The minimum atomic E-state index is 0.256. The van der Waals surface area contributed by atoms with E-state index in [4.69, 9.17) is 0 Å². The largest absolute Gasteiger partial charge is 0.336 e. The van der Waals surface area contributed by atoms with E-state index in [-0.39, 0.29) is 5.91 Å². The molecule has 0 unspecified atom stereocenters. The first-order valence-electron chi connectivity index (χ1n) is 10.6. The van der Waals surface area contributed by atoms with Gasteiger partial charge in [-0.25, -0.2) is 0 Å². The van der Waals surface area contributed by atoms with Crippen LogP contribution in [0.2, 0.25) is 0 Å². The molecule has 0 atom stereocenters. The van der Waals surface area contributed by atoms with E-state index in [1.54, 1.807) is 4.68 Å². The van der Waals surface area contributed by atoms with Crippen molar-refractivity contribution in [3.8, 4) is 5.69 Å². The number of aromatic nitrogens is 4. The third-order valence-corrected chi connectivity index (χ3v) is 6.89. The molecule has 4 rings (SSSR count). The minimum absolute atomic E-state index is 0.256. The second-order valence-corrected chi connectivity index (χ2v) is 8.82. The third kappa shape index (κ3) is 4.57. The molecule has 0 radical (unpaired) electrons. The zero-order valence-corrected chi connectivity index (χ0v) is 17.2. The number of carbonyl (C=O) groups excluding carboxylic acids is 1. The Morgan fingerprint density at radius 2 is 1.57 bits per heavy atom. The molecule has 0 saturated heterocycles. The second-order valence-electron chi connectivity index (χ2n) is 7.88. The normalized spacial score (nSPS) is 18.9. The Bertz CT molecular complexity index is 735. The quantitative estimate of drug-likeness (QED) is 0.680. The summed E-state index contributed by atoms with van der Waals surface area (Å²) in [6.45, 7) is 0. The highest BCUT2D eigenvalue weighted by atomic mass is 32.2. The molecule has 2 aliphatic carbocycles. The van der Waals surface area contributed by atoms with Gasteiger partial charge in [0.1, 0.15) is 0 Å². The predicted molar refractivity (Wildman–Crippen MR) is 110 cm³/mol. The number of hydrogen-bond acceptors (Lipinski definition) is 5. The fraction of sp³-hybridized carbons (Fsp3) is 0.619. The number of thioether (sulfide) groups is 1. The maximum Gasteiger partial charge on any atom is 0.233 e. The SMILES string of the molecule is O=C(CSc1nnnn1-c1ccccc1)N(C1CCCCC1)C1CCCCC1. The Morgan fingerprint density at radius 3 is 2.18 bits per heavy atom. The highest BCUT2D eigenvalue weighted by molar-refractivity contribution is 7.99. The highest BCUT2D eigenvalue weighted by Crippen LogP contribution is 2.31. The van der Waals surface area contributed by atoms with Crippen molar-refractivity contribution in [1.29, 1.82) is 0 Å². The van der Waals surface area contributed by atoms with Gasteiger partial charge in [0, 0.05) is 12.1 Å². The molecule has 2 aromatic rings. The lowest BCUT2D eigenvalue weighted by Crippen LogP contribution is -2.49. The summed E-state index contributed by atoms with van der Waals surface area (Å²) in [5.74, 6) is 0.659. The zero-order chi connectivity index (χ0) is 19.2. The van der Waals surface area contributed by atoms with Crippen molar-refractivity contribution in [2.24, 2.45) is 0 Å². The molecular weight excluding hydrogens is 370 g/mol. The van der Waals surface area contributed by atoms with Crippen molar-refractivity contribution in [2.45, 2.75) is 81.4 Å². The van der Waals surface area contributed by atoms with Crippen molar-refractivity contribution >= 4 is 17.7 Å². The summed E-state index contributed by atoms with van der Waals surface area (Å²) in [6.07, 6.45) is 12.3. The van der Waals surface area contributed by atoms with E-state index in [1.807, 2.05) is 30.3 Å². The Kier molecular flexibility index (Phi) is 6.62. The summed E-state index contributed by atoms with van der Waals surface area (Å²) >= 11 is 1.45. The number of hydrogen-bond donors (Lipinski definition) is 0. The molecule has 7 heteroatoms. The Labute approximate surface area is 171 Å². The van der Waals surface area contributed by atoms with Crippen molar-refractivity contribution < 1.29 is 4.79 Å². The van der Waals surface area contributed by atoms with E-state index in [1.165, 1.54) is 50.3 Å². The smallest absolute Gasteiger partial charge is 0.233 e. The van der Waals surface area contributed by atoms with Crippen LogP contribution in [0.15, 0.2) is 35.5 Å². The van der Waals surface area contributed by atoms with Gasteiger partial charge in [0.05, 0.1) is 11.4 Å². The van der Waals surface area contributed by atoms with Gasteiger partial charge < -0.3 is 4.90 Å². The van der Waals surface area contributed by atoms with E-state index in [9.17, 15) is 4.79 Å². The van der Waals surface area contributed by atoms with E-state index < -0.39 is 0 Å². The molecule has 2 saturated carbocycles. The number of rotatable bonds is 6. The lowest BCUT2D eigenvalue weighted by Gasteiger charge is -2.41. The Balaban J connectivity index is 1.45. The van der Waals surface area contributed by atoms with Crippen LogP contribution in [0.4, 0.5) is 0 Å². The summed E-state index contributed by atoms with van der Waals surface area (Å²) < 4.78 is 1.71. The molecule has 2 fully saturated rings. The van der Waals surface area contributed by atoms with Crippen LogP contribution in [0.5, 0.6) is 0 Å². The van der Waals surface area contributed by atoms with Crippen LogP contribution in [-0.4, -0.2) is 48.9 Å². The number of nitrogens with zero attached hydrogens (tertiary/aromatic N) is 5. The summed E-state index contributed by atoms with van der Waals surface area (Å²) in [4.78, 5) is 15.6. The van der Waals surface area contributed by atoms with Gasteiger partial charge >= 0.3 is 0 Å². The minimum Gasteiger partial charge on any atom is -0.336 e. The maximum atomic E-state index is 13.3. The molecule has 6 nitrogen and oxygen atoms in total. The molecule has 0 N–H and O–H groups in total. The molecule has 2 aliphatic rings. The number of tetrazole rings is 1. The molecule has 28 heavy (non-hydrogen) atoms. The van der Waals surface area contributed by atoms with Gasteiger partial charge in [-0.05, 0) is 48.2 Å². The van der Waals surface area contributed by atoms with Gasteiger partial charge in [0.25, 0.3) is 0 Å². The van der Waals surface area contributed by atoms with E-state index >= 15 is 0 Å². The summed E-state index contributed by atoms with van der Waals surface area (Å²) in [7, 11) is 0. The second kappa shape index (κ2) is 9.54. The molecule has 1 aromatic heterocycles. The topological polar surface area (TPSA) is 63.9 Å². The average Bonchev–Trinajstić information content (AvgIpc) is 3.23. The van der Waals surface area contributed by atoms with Gasteiger partial charge in [-0.2, -0.15) is 4.68 Å². The van der Waals surface area contributed by atoms with Gasteiger partial charge in [-0.1, -0.05) is 68.5 Å². The van der Waals surface area contributed by atoms with Gasteiger partial charge in [-0.3, -0.25) is 4.79 Å². The summed E-state index contributed by atoms with van der Waals surface area (Å²) in [6, 6.07) is 10.7. The molecular formula is C21H29N5OS. The first kappa shape index (κ1) is 19.4. The van der Waals surface area contributed by atoms with Crippen LogP contribution >= 0.6 is 11.8 Å². The van der Waals surface area contributed by atoms with E-state index in [0.717, 1.165) is 31.4 Å². The van der Waals surface area contributed by atoms with Gasteiger partial charge in [0.15, 0.2) is 0 Å². The number of carbonyl (C=O) groups is 1. The third-order valence-electron chi connectivity index (χ3n) is 5.99. The van der Waals surface area contributed by atoms with Crippen molar-refractivity contribution in [1.82, 2.24) is 25.1 Å². The fourth-order valence-corrected chi connectivity index (χ4v) is 5.38. The molecule has 150 valence electrons. The van der Waals surface area contributed by atoms with Crippen LogP contribution in [0.3, 0.4) is 0 Å². The number of benzene rings is 1. The Morgan fingerprint density at radius 1 is 0.964 bits per heavy atom. The first-order valence-corrected chi connectivity index (χ1v) is 11.6. The number of amides is 1. The highest BCUT2D eigenvalue weighted by Gasteiger charge is 2.32. The summed E-state index contributed by atoms with van der Waals surface area (Å²) in [5.41, 5.74) is 0.916. The molecule has 1 aromatic carbocycles. The standard InChI is InChI=1S/C21H29N5OS/c27-20(16-28-21-22-23-24-26(21)19-14-8-3-9-15-19)25(17-10-4-1-5-11-17)18-12-6-2-7-13-18/h3,8-9,14-15,17-18H,1-2,4-7,10-13,16H2. The molecule has 1 heterocycles. The van der Waals surface area contributed by atoms with Crippen molar-refractivity contribution in [3.63, 3.8) is 0 Å². The maximum absolute atomic E-state index is 13.3. The molecule has 1 amide bonds. The van der Waals surface area contributed by atoms with Crippen LogP contribution in [0.25, 0.3) is 5.69 Å². The monoisotopic (exact) mass is 399 g/mol. The molecule has 0 aliphatic heterocycles. The molecule has 0 spiro atoms. The van der Waals surface area contributed by atoms with Crippen LogP contribution in [-0.2, 0) is 4.79 Å². The fourth-order valence-electron chi connectivity index (χ4n) is 4.62. The number of para-hydroxylation sites is 1. The van der Waals surface area contributed by atoms with Crippen LogP contribution in [0, 0.1) is 0 Å². The van der Waals surface area contributed by atoms with Crippen LogP contribution < -0.4 is 0 Å². The van der Waals surface area contributed by atoms with Crippen LogP contribution in [0.1, 0.15) is 64.2 Å². The first-order chi connectivity index (χ1) is 13.8. The summed E-state index contributed by atoms with van der Waals surface area (Å²) in [5, 5.41) is 12.7. The zero-order valence-electron chi connectivity index (χ0n) is 16.4. The lowest BCUT2D eigenvalue weighted by molar-refractivity contribution is -0.135. The van der Waals surface area contributed by atoms with Crippen molar-refractivity contribution in [3.05, 3.63) is 30.3 Å². The van der Waals surface area contributed by atoms with Gasteiger partial charge in [0.2, 0.25) is 11.1 Å². The molecule has 0 bridgehead atoms. The average molecular weight is 400 g/mol. The van der Waals surface area contributed by atoms with E-state index in [2.05, 4.69) is 20.4 Å². The lowest BCUT2D eigenvalue weighted by atomic mass is 9.88. The van der Waals surface area contributed by atoms with Gasteiger partial charge in [-0.15, -0.1) is 5.10 Å².